The molecule has 19 heavy (non-hydrogen) atoms. The maximum atomic E-state index is 12.4. The number of nitrogens with zero attached hydrogens (tertiary/aromatic N) is 1. The third-order valence-electron chi connectivity index (χ3n) is 3.96. The summed E-state index contributed by atoms with van der Waals surface area (Å²) in [6.45, 7) is 5.97. The molecule has 4 heteroatoms. The zero-order chi connectivity index (χ0) is 14.0. The van der Waals surface area contributed by atoms with Gasteiger partial charge in [-0.05, 0) is 42.9 Å². The molecule has 0 bridgehead atoms. The number of likely N-dealkylation sites (tertiary alicyclic amines) is 1. The highest BCUT2D eigenvalue weighted by atomic mass is 35.5. The Morgan fingerprint density at radius 1 is 1.37 bits per heavy atom. The van der Waals surface area contributed by atoms with E-state index in [0.29, 0.717) is 22.4 Å². The number of amides is 1. The van der Waals surface area contributed by atoms with Crippen molar-refractivity contribution in [3.05, 3.63) is 28.8 Å². The van der Waals surface area contributed by atoms with Gasteiger partial charge in [-0.15, -0.1) is 0 Å². The number of piperidine rings is 1. The van der Waals surface area contributed by atoms with Crippen LogP contribution in [0.5, 0.6) is 5.75 Å². The van der Waals surface area contributed by atoms with Crippen LogP contribution in [-0.2, 0) is 0 Å². The van der Waals surface area contributed by atoms with Gasteiger partial charge in [-0.2, -0.15) is 0 Å². The molecular formula is C15H20ClNO2. The predicted octanol–water partition coefficient (Wildman–Crippen LogP) is 3.55. The van der Waals surface area contributed by atoms with Crippen LogP contribution in [0.1, 0.15) is 37.0 Å². The molecule has 1 aliphatic heterocycles. The van der Waals surface area contributed by atoms with Gasteiger partial charge in [0.15, 0.2) is 0 Å². The van der Waals surface area contributed by atoms with Crippen LogP contribution in [-0.4, -0.2) is 29.0 Å². The van der Waals surface area contributed by atoms with Crippen LogP contribution in [0.2, 0.25) is 5.02 Å². The Hall–Kier alpha value is -1.22. The summed E-state index contributed by atoms with van der Waals surface area (Å²) in [5.74, 6) is 1.23. The highest BCUT2D eigenvalue weighted by molar-refractivity contribution is 6.31. The first-order chi connectivity index (χ1) is 8.99. The van der Waals surface area contributed by atoms with Crippen molar-refractivity contribution in [2.75, 3.05) is 13.1 Å². The fourth-order valence-corrected chi connectivity index (χ4v) is 2.79. The third kappa shape index (κ3) is 3.21. The Labute approximate surface area is 119 Å². The van der Waals surface area contributed by atoms with E-state index in [-0.39, 0.29) is 11.7 Å². The molecule has 0 saturated carbocycles. The number of carbonyl (C=O) groups is 1. The number of halogens is 1. The van der Waals surface area contributed by atoms with Crippen molar-refractivity contribution < 1.29 is 9.90 Å². The maximum absolute atomic E-state index is 12.4. The predicted molar refractivity (Wildman–Crippen MR) is 76.6 cm³/mol. The summed E-state index contributed by atoms with van der Waals surface area (Å²) < 4.78 is 0. The monoisotopic (exact) mass is 281 g/mol. The first kappa shape index (κ1) is 14.2. The Kier molecular flexibility index (Phi) is 4.35. The quantitative estimate of drug-likeness (QED) is 0.900. The molecule has 0 aromatic heterocycles. The minimum atomic E-state index is -0.123. The van der Waals surface area contributed by atoms with E-state index in [2.05, 4.69) is 13.8 Å². The van der Waals surface area contributed by atoms with Crippen LogP contribution in [0, 0.1) is 11.8 Å². The van der Waals surface area contributed by atoms with Gasteiger partial charge in [-0.1, -0.05) is 25.4 Å². The van der Waals surface area contributed by atoms with E-state index in [0.717, 1.165) is 25.9 Å². The molecule has 1 heterocycles. The fraction of sp³-hybridized carbons (Fsp3) is 0.533. The first-order valence-corrected chi connectivity index (χ1v) is 7.14. The number of hydrogen-bond acceptors (Lipinski definition) is 2. The van der Waals surface area contributed by atoms with Gasteiger partial charge in [0, 0.05) is 18.1 Å². The molecule has 0 radical (unpaired) electrons. The fourth-order valence-electron chi connectivity index (χ4n) is 2.62. The number of benzene rings is 1. The molecule has 1 fully saturated rings. The van der Waals surface area contributed by atoms with Crippen LogP contribution in [0.15, 0.2) is 18.2 Å². The molecule has 1 amide bonds. The van der Waals surface area contributed by atoms with Crippen molar-refractivity contribution in [1.29, 1.82) is 0 Å². The standard InChI is InChI=1S/C15H20ClNO2/c1-10(2)11-5-7-17(8-6-11)15(19)13-9-12(16)3-4-14(13)18/h3-4,9-11,18H,5-8H2,1-2H3. The van der Waals surface area contributed by atoms with Gasteiger partial charge < -0.3 is 10.0 Å². The zero-order valence-corrected chi connectivity index (χ0v) is 12.2. The second-order valence-corrected chi connectivity index (χ2v) is 5.97. The Morgan fingerprint density at radius 2 is 2.00 bits per heavy atom. The van der Waals surface area contributed by atoms with Crippen molar-refractivity contribution in [2.45, 2.75) is 26.7 Å². The second kappa shape index (κ2) is 5.83. The summed E-state index contributed by atoms with van der Waals surface area (Å²) in [5, 5.41) is 10.2. The summed E-state index contributed by atoms with van der Waals surface area (Å²) in [6.07, 6.45) is 2.06. The van der Waals surface area contributed by atoms with E-state index in [1.54, 1.807) is 6.07 Å². The first-order valence-electron chi connectivity index (χ1n) is 6.77. The highest BCUT2D eigenvalue weighted by Crippen LogP contribution is 2.28. The smallest absolute Gasteiger partial charge is 0.257 e. The van der Waals surface area contributed by atoms with Gasteiger partial charge in [0.2, 0.25) is 0 Å². The SMILES string of the molecule is CC(C)C1CCN(C(=O)c2cc(Cl)ccc2O)CC1. The normalized spacial score (nSPS) is 16.9. The van der Waals surface area contributed by atoms with Crippen LogP contribution in [0.3, 0.4) is 0 Å². The number of carbonyl (C=O) groups excluding carboxylic acids is 1. The minimum Gasteiger partial charge on any atom is -0.507 e. The number of aromatic hydroxyl groups is 1. The van der Waals surface area contributed by atoms with Crippen LogP contribution >= 0.6 is 11.6 Å². The topological polar surface area (TPSA) is 40.5 Å². The van der Waals surface area contributed by atoms with Gasteiger partial charge in [0.1, 0.15) is 5.75 Å². The number of phenols is 1. The summed E-state index contributed by atoms with van der Waals surface area (Å²) >= 11 is 5.88. The molecule has 1 aromatic rings. The van der Waals surface area contributed by atoms with Gasteiger partial charge in [-0.25, -0.2) is 0 Å². The van der Waals surface area contributed by atoms with Gasteiger partial charge in [0.05, 0.1) is 5.56 Å². The lowest BCUT2D eigenvalue weighted by Crippen LogP contribution is -2.39. The third-order valence-corrected chi connectivity index (χ3v) is 4.19. The molecule has 0 unspecified atom stereocenters. The van der Waals surface area contributed by atoms with Crippen LogP contribution in [0.25, 0.3) is 0 Å². The lowest BCUT2D eigenvalue weighted by atomic mass is 9.86. The molecule has 1 aliphatic rings. The number of phenolic OH excluding ortho intramolecular Hbond substituents is 1. The molecule has 0 atom stereocenters. The van der Waals surface area contributed by atoms with Crippen molar-refractivity contribution in [2.24, 2.45) is 11.8 Å². The average molecular weight is 282 g/mol. The average Bonchev–Trinajstić information content (AvgIpc) is 2.41. The zero-order valence-electron chi connectivity index (χ0n) is 11.4. The van der Waals surface area contributed by atoms with Crippen molar-refractivity contribution in [3.63, 3.8) is 0 Å². The van der Waals surface area contributed by atoms with E-state index >= 15 is 0 Å². The molecule has 1 aromatic carbocycles. The molecule has 1 N–H and O–H groups in total. The number of hydrogen-bond donors (Lipinski definition) is 1. The van der Waals surface area contributed by atoms with E-state index < -0.39 is 0 Å². The summed E-state index contributed by atoms with van der Waals surface area (Å²) in [5.41, 5.74) is 0.301. The molecule has 3 nitrogen and oxygen atoms in total. The largest absolute Gasteiger partial charge is 0.507 e. The van der Waals surface area contributed by atoms with Crippen LogP contribution in [0.4, 0.5) is 0 Å². The van der Waals surface area contributed by atoms with E-state index in [1.165, 1.54) is 12.1 Å². The minimum absolute atomic E-state index is 0.000355. The summed E-state index contributed by atoms with van der Waals surface area (Å²) in [6, 6.07) is 4.59. The van der Waals surface area contributed by atoms with Gasteiger partial charge in [-0.3, -0.25) is 4.79 Å². The van der Waals surface area contributed by atoms with Crippen molar-refractivity contribution in [3.8, 4) is 5.75 Å². The number of rotatable bonds is 2. The lowest BCUT2D eigenvalue weighted by molar-refractivity contribution is 0.0665. The molecule has 2 rings (SSSR count). The van der Waals surface area contributed by atoms with E-state index in [1.807, 2.05) is 4.90 Å². The molecule has 104 valence electrons. The molecule has 0 spiro atoms. The molecule has 1 saturated heterocycles. The summed E-state index contributed by atoms with van der Waals surface area (Å²) in [4.78, 5) is 14.2. The van der Waals surface area contributed by atoms with Gasteiger partial charge in [0.25, 0.3) is 5.91 Å². The van der Waals surface area contributed by atoms with E-state index in [4.69, 9.17) is 11.6 Å². The highest BCUT2D eigenvalue weighted by Gasteiger charge is 2.26. The van der Waals surface area contributed by atoms with Gasteiger partial charge >= 0.3 is 0 Å². The Balaban J connectivity index is 2.07. The summed E-state index contributed by atoms with van der Waals surface area (Å²) in [7, 11) is 0. The second-order valence-electron chi connectivity index (χ2n) is 5.54. The van der Waals surface area contributed by atoms with Crippen molar-refractivity contribution >= 4 is 17.5 Å². The van der Waals surface area contributed by atoms with Crippen molar-refractivity contribution in [1.82, 2.24) is 4.90 Å². The molecular weight excluding hydrogens is 262 g/mol. The maximum Gasteiger partial charge on any atom is 0.257 e. The van der Waals surface area contributed by atoms with Crippen LogP contribution < -0.4 is 0 Å². The molecule has 0 aliphatic carbocycles. The lowest BCUT2D eigenvalue weighted by Gasteiger charge is -2.34. The Bertz CT molecular complexity index is 465. The Morgan fingerprint density at radius 3 is 2.58 bits per heavy atom. The van der Waals surface area contributed by atoms with E-state index in [9.17, 15) is 9.90 Å².